The van der Waals surface area contributed by atoms with Gasteiger partial charge in [0.15, 0.2) is 0 Å². The molecule has 0 aliphatic carbocycles. The predicted molar refractivity (Wildman–Crippen MR) is 75.5 cm³/mol. The molecule has 0 atom stereocenters. The Bertz CT molecular complexity index is 481. The minimum Gasteiger partial charge on any atom is -0.379 e. The van der Waals surface area contributed by atoms with Crippen LogP contribution in [0.4, 0.5) is 14.5 Å². The zero-order valence-corrected chi connectivity index (χ0v) is 12.4. The summed E-state index contributed by atoms with van der Waals surface area (Å²) in [5.74, 6) is -1.10. The molecule has 1 nitrogen and oxygen atoms in total. The van der Waals surface area contributed by atoms with Gasteiger partial charge in [0, 0.05) is 21.1 Å². The Morgan fingerprint density at radius 1 is 0.889 bits per heavy atom. The van der Waals surface area contributed by atoms with Crippen molar-refractivity contribution in [2.45, 2.75) is 6.54 Å². The molecule has 0 saturated heterocycles. The van der Waals surface area contributed by atoms with Gasteiger partial charge in [0.05, 0.1) is 5.69 Å². The Hall–Kier alpha value is -0.940. The van der Waals surface area contributed by atoms with E-state index < -0.39 is 11.6 Å². The first kappa shape index (κ1) is 13.5. The van der Waals surface area contributed by atoms with Crippen LogP contribution in [0.25, 0.3) is 0 Å². The number of rotatable bonds is 3. The zero-order chi connectivity index (χ0) is 13.1. The maximum Gasteiger partial charge on any atom is 0.131 e. The van der Waals surface area contributed by atoms with Crippen LogP contribution in [0.1, 0.15) is 5.56 Å². The van der Waals surface area contributed by atoms with E-state index in [0.717, 1.165) is 14.6 Å². The van der Waals surface area contributed by atoms with Crippen LogP contribution in [0.3, 0.4) is 0 Å². The molecule has 0 bridgehead atoms. The van der Waals surface area contributed by atoms with E-state index in [4.69, 9.17) is 0 Å². The number of nitrogens with one attached hydrogen (secondary N) is 1. The smallest absolute Gasteiger partial charge is 0.131 e. The van der Waals surface area contributed by atoms with Gasteiger partial charge in [-0.1, -0.05) is 12.1 Å². The van der Waals surface area contributed by atoms with Crippen molar-refractivity contribution in [3.8, 4) is 0 Å². The maximum absolute atomic E-state index is 13.5. The minimum absolute atomic E-state index is 0.0279. The molecule has 5 heteroatoms. The topological polar surface area (TPSA) is 12.0 Å². The first-order chi connectivity index (χ1) is 8.59. The quantitative estimate of drug-likeness (QED) is 0.785. The van der Waals surface area contributed by atoms with Gasteiger partial charge in [0.2, 0.25) is 0 Å². The third-order valence-corrected chi connectivity index (χ3v) is 3.79. The fraction of sp³-hybridized carbons (Fsp3) is 0.0769. The van der Waals surface area contributed by atoms with Crippen molar-refractivity contribution in [3.63, 3.8) is 0 Å². The second kappa shape index (κ2) is 5.80. The lowest BCUT2D eigenvalue weighted by molar-refractivity contribution is 0.560. The van der Waals surface area contributed by atoms with Gasteiger partial charge in [-0.25, -0.2) is 8.78 Å². The van der Waals surface area contributed by atoms with Crippen LogP contribution in [0.15, 0.2) is 45.3 Å². The molecule has 0 heterocycles. The SMILES string of the molecule is Fc1cccc(F)c1CNc1c(Br)cccc1Br. The van der Waals surface area contributed by atoms with E-state index >= 15 is 0 Å². The predicted octanol–water partition coefficient (Wildman–Crippen LogP) is 5.10. The van der Waals surface area contributed by atoms with Crippen molar-refractivity contribution in [2.24, 2.45) is 0 Å². The van der Waals surface area contributed by atoms with Crippen LogP contribution in [0.2, 0.25) is 0 Å². The molecule has 0 aromatic heterocycles. The molecular weight excluding hydrogens is 368 g/mol. The van der Waals surface area contributed by atoms with E-state index in [2.05, 4.69) is 37.2 Å². The summed E-state index contributed by atoms with van der Waals surface area (Å²) in [6.45, 7) is 0.0831. The van der Waals surface area contributed by atoms with Gasteiger partial charge in [-0.05, 0) is 56.1 Å². The molecule has 0 fully saturated rings. The van der Waals surface area contributed by atoms with Gasteiger partial charge in [0.25, 0.3) is 0 Å². The highest BCUT2D eigenvalue weighted by Crippen LogP contribution is 2.31. The molecule has 2 aromatic carbocycles. The molecule has 0 aliphatic rings. The van der Waals surface area contributed by atoms with Gasteiger partial charge in [-0.3, -0.25) is 0 Å². The molecule has 0 saturated carbocycles. The Morgan fingerprint density at radius 2 is 1.39 bits per heavy atom. The summed E-state index contributed by atoms with van der Waals surface area (Å²) < 4.78 is 28.6. The maximum atomic E-state index is 13.5. The summed E-state index contributed by atoms with van der Waals surface area (Å²) in [5, 5.41) is 3.01. The van der Waals surface area contributed by atoms with Crippen LogP contribution in [-0.4, -0.2) is 0 Å². The largest absolute Gasteiger partial charge is 0.379 e. The standard InChI is InChI=1S/C13H9Br2F2N/c14-9-3-1-4-10(15)13(9)18-7-8-11(16)5-2-6-12(8)17/h1-6,18H,7H2. The molecule has 0 aliphatic heterocycles. The summed E-state index contributed by atoms with van der Waals surface area (Å²) in [5.41, 5.74) is 0.792. The zero-order valence-electron chi connectivity index (χ0n) is 9.18. The minimum atomic E-state index is -0.550. The van der Waals surface area contributed by atoms with E-state index in [9.17, 15) is 8.78 Å². The van der Waals surface area contributed by atoms with E-state index in [1.54, 1.807) is 0 Å². The number of anilines is 1. The van der Waals surface area contributed by atoms with E-state index in [-0.39, 0.29) is 12.1 Å². The lowest BCUT2D eigenvalue weighted by Gasteiger charge is -2.11. The van der Waals surface area contributed by atoms with Crippen LogP contribution >= 0.6 is 31.9 Å². The van der Waals surface area contributed by atoms with Crippen molar-refractivity contribution in [1.82, 2.24) is 0 Å². The monoisotopic (exact) mass is 375 g/mol. The van der Waals surface area contributed by atoms with Gasteiger partial charge >= 0.3 is 0 Å². The highest BCUT2D eigenvalue weighted by atomic mass is 79.9. The lowest BCUT2D eigenvalue weighted by Crippen LogP contribution is -2.05. The molecule has 94 valence electrons. The highest BCUT2D eigenvalue weighted by Gasteiger charge is 2.10. The second-order valence-electron chi connectivity index (χ2n) is 3.65. The van der Waals surface area contributed by atoms with Crippen molar-refractivity contribution in [3.05, 3.63) is 62.5 Å². The number of hydrogen-bond donors (Lipinski definition) is 1. The summed E-state index contributed by atoms with van der Waals surface area (Å²) in [6, 6.07) is 9.41. The molecule has 18 heavy (non-hydrogen) atoms. The van der Waals surface area contributed by atoms with E-state index in [1.807, 2.05) is 18.2 Å². The summed E-state index contributed by atoms with van der Waals surface area (Å²) >= 11 is 6.76. The molecule has 2 rings (SSSR count). The summed E-state index contributed by atoms with van der Waals surface area (Å²) in [4.78, 5) is 0. The van der Waals surface area contributed by atoms with Crippen LogP contribution < -0.4 is 5.32 Å². The first-order valence-electron chi connectivity index (χ1n) is 5.20. The van der Waals surface area contributed by atoms with Gasteiger partial charge in [0.1, 0.15) is 11.6 Å². The average molecular weight is 377 g/mol. The molecule has 2 aromatic rings. The van der Waals surface area contributed by atoms with Crippen LogP contribution in [-0.2, 0) is 6.54 Å². The van der Waals surface area contributed by atoms with E-state index in [1.165, 1.54) is 18.2 Å². The van der Waals surface area contributed by atoms with Crippen molar-refractivity contribution < 1.29 is 8.78 Å². The third-order valence-electron chi connectivity index (χ3n) is 2.47. The fourth-order valence-electron chi connectivity index (χ4n) is 1.54. The molecular formula is C13H9Br2F2N. The molecule has 0 radical (unpaired) electrons. The average Bonchev–Trinajstić information content (AvgIpc) is 2.31. The Balaban J connectivity index is 2.22. The fourth-order valence-corrected chi connectivity index (χ4v) is 2.82. The Kier molecular flexibility index (Phi) is 4.35. The Morgan fingerprint density at radius 3 is 1.94 bits per heavy atom. The molecule has 0 amide bonds. The summed E-state index contributed by atoms with van der Waals surface area (Å²) in [7, 11) is 0. The highest BCUT2D eigenvalue weighted by molar-refractivity contribution is 9.11. The Labute approximate surface area is 120 Å². The number of hydrogen-bond acceptors (Lipinski definition) is 1. The van der Waals surface area contributed by atoms with Crippen molar-refractivity contribution in [1.29, 1.82) is 0 Å². The second-order valence-corrected chi connectivity index (χ2v) is 5.36. The van der Waals surface area contributed by atoms with Gasteiger partial charge in [-0.15, -0.1) is 0 Å². The number of halogens is 4. The first-order valence-corrected chi connectivity index (χ1v) is 6.79. The lowest BCUT2D eigenvalue weighted by atomic mass is 10.2. The van der Waals surface area contributed by atoms with Gasteiger partial charge in [-0.2, -0.15) is 0 Å². The van der Waals surface area contributed by atoms with E-state index in [0.29, 0.717) is 0 Å². The van der Waals surface area contributed by atoms with Crippen molar-refractivity contribution in [2.75, 3.05) is 5.32 Å². The van der Waals surface area contributed by atoms with Crippen molar-refractivity contribution >= 4 is 37.5 Å². The normalized spacial score (nSPS) is 10.4. The molecule has 1 N–H and O–H groups in total. The number of benzene rings is 2. The third kappa shape index (κ3) is 2.90. The summed E-state index contributed by atoms with van der Waals surface area (Å²) in [6.07, 6.45) is 0. The van der Waals surface area contributed by atoms with Crippen LogP contribution in [0.5, 0.6) is 0 Å². The number of para-hydroxylation sites is 1. The van der Waals surface area contributed by atoms with Gasteiger partial charge < -0.3 is 5.32 Å². The van der Waals surface area contributed by atoms with Crippen LogP contribution in [0, 0.1) is 11.6 Å². The molecule has 0 spiro atoms. The molecule has 0 unspecified atom stereocenters.